The molecule has 0 radical (unpaired) electrons. The van der Waals surface area contributed by atoms with Crippen molar-refractivity contribution in [1.82, 2.24) is 5.32 Å². The predicted octanol–water partition coefficient (Wildman–Crippen LogP) is 3.14. The van der Waals surface area contributed by atoms with Gasteiger partial charge in [0.05, 0.1) is 16.6 Å². The summed E-state index contributed by atoms with van der Waals surface area (Å²) in [6.07, 6.45) is 1.73. The Morgan fingerprint density at radius 1 is 1.19 bits per heavy atom. The van der Waals surface area contributed by atoms with Crippen LogP contribution in [0.15, 0.2) is 47.4 Å². The lowest BCUT2D eigenvalue weighted by Crippen LogP contribution is -2.35. The van der Waals surface area contributed by atoms with Crippen molar-refractivity contribution >= 4 is 38.9 Å². The SMILES string of the molecule is Cc1ccc(NC(=O)C2CCCN2)cc1S(=O)(=O)Nc1cccc(Cl)c1. The quantitative estimate of drug-likeness (QED) is 0.728. The number of anilines is 2. The highest BCUT2D eigenvalue weighted by Crippen LogP contribution is 2.24. The van der Waals surface area contributed by atoms with E-state index in [0.29, 0.717) is 22.0 Å². The average Bonchev–Trinajstić information content (AvgIpc) is 3.10. The lowest BCUT2D eigenvalue weighted by molar-refractivity contribution is -0.117. The molecule has 1 aliphatic heterocycles. The van der Waals surface area contributed by atoms with Gasteiger partial charge >= 0.3 is 0 Å². The molecule has 3 N–H and O–H groups in total. The van der Waals surface area contributed by atoms with Gasteiger partial charge in [-0.25, -0.2) is 8.42 Å². The van der Waals surface area contributed by atoms with Crippen LogP contribution in [0.5, 0.6) is 0 Å². The van der Waals surface area contributed by atoms with Crippen LogP contribution in [-0.4, -0.2) is 26.9 Å². The van der Waals surface area contributed by atoms with Crippen LogP contribution in [-0.2, 0) is 14.8 Å². The number of rotatable bonds is 5. The second-order valence-electron chi connectivity index (χ2n) is 6.23. The summed E-state index contributed by atoms with van der Waals surface area (Å²) in [6, 6.07) is 11.1. The summed E-state index contributed by atoms with van der Waals surface area (Å²) in [5, 5.41) is 6.33. The summed E-state index contributed by atoms with van der Waals surface area (Å²) in [4.78, 5) is 12.3. The van der Waals surface area contributed by atoms with Gasteiger partial charge < -0.3 is 10.6 Å². The van der Waals surface area contributed by atoms with Crippen molar-refractivity contribution < 1.29 is 13.2 Å². The number of hydrogen-bond acceptors (Lipinski definition) is 4. The number of halogens is 1. The number of aryl methyl sites for hydroxylation is 1. The fraction of sp³-hybridized carbons (Fsp3) is 0.278. The largest absolute Gasteiger partial charge is 0.325 e. The average molecular weight is 394 g/mol. The normalized spacial score (nSPS) is 17.1. The van der Waals surface area contributed by atoms with Crippen molar-refractivity contribution in [2.45, 2.75) is 30.7 Å². The minimum absolute atomic E-state index is 0.106. The number of hydrogen-bond donors (Lipinski definition) is 3. The Hall–Kier alpha value is -2.09. The number of amides is 1. The first-order valence-electron chi connectivity index (χ1n) is 8.28. The van der Waals surface area contributed by atoms with E-state index >= 15 is 0 Å². The van der Waals surface area contributed by atoms with Crippen molar-refractivity contribution in [3.8, 4) is 0 Å². The maximum absolute atomic E-state index is 12.7. The molecule has 26 heavy (non-hydrogen) atoms. The standard InChI is InChI=1S/C18H20ClN3O3S/c1-12-7-8-14(21-18(23)16-6-3-9-20-16)11-17(12)26(24,25)22-15-5-2-4-13(19)10-15/h2,4-5,7-8,10-11,16,20,22H,3,6,9H2,1H3,(H,21,23). The van der Waals surface area contributed by atoms with E-state index in [-0.39, 0.29) is 16.8 Å². The van der Waals surface area contributed by atoms with Crippen molar-refractivity contribution in [3.63, 3.8) is 0 Å². The smallest absolute Gasteiger partial charge is 0.262 e. The van der Waals surface area contributed by atoms with Crippen LogP contribution in [0.1, 0.15) is 18.4 Å². The first-order chi connectivity index (χ1) is 12.3. The summed E-state index contributed by atoms with van der Waals surface area (Å²) in [7, 11) is -3.81. The Morgan fingerprint density at radius 2 is 2.00 bits per heavy atom. The van der Waals surface area contributed by atoms with Gasteiger partial charge in [0.1, 0.15) is 0 Å². The first kappa shape index (κ1) is 18.7. The molecular formula is C18H20ClN3O3S. The summed E-state index contributed by atoms with van der Waals surface area (Å²) in [6.45, 7) is 2.52. The van der Waals surface area contributed by atoms with Crippen LogP contribution in [0, 0.1) is 6.92 Å². The molecule has 0 aromatic heterocycles. The molecule has 1 unspecified atom stereocenters. The zero-order chi connectivity index (χ0) is 18.7. The van der Waals surface area contributed by atoms with Crippen LogP contribution in [0.25, 0.3) is 0 Å². The second-order valence-corrected chi connectivity index (χ2v) is 8.32. The zero-order valence-corrected chi connectivity index (χ0v) is 15.8. The van der Waals surface area contributed by atoms with E-state index in [1.54, 1.807) is 37.3 Å². The molecule has 1 fully saturated rings. The van der Waals surface area contributed by atoms with Gasteiger partial charge in [0.25, 0.3) is 10.0 Å². The van der Waals surface area contributed by atoms with Gasteiger partial charge in [-0.15, -0.1) is 0 Å². The molecule has 1 amide bonds. The molecule has 0 spiro atoms. The molecule has 138 valence electrons. The van der Waals surface area contributed by atoms with E-state index < -0.39 is 10.0 Å². The van der Waals surface area contributed by atoms with Gasteiger partial charge in [-0.05, 0) is 62.2 Å². The Kier molecular flexibility index (Phi) is 5.50. The Bertz CT molecular complexity index is 925. The molecule has 1 saturated heterocycles. The summed E-state index contributed by atoms with van der Waals surface area (Å²) in [5.41, 5.74) is 1.40. The highest BCUT2D eigenvalue weighted by atomic mass is 35.5. The molecule has 1 heterocycles. The van der Waals surface area contributed by atoms with Crippen LogP contribution >= 0.6 is 11.6 Å². The highest BCUT2D eigenvalue weighted by molar-refractivity contribution is 7.92. The third kappa shape index (κ3) is 4.35. The van der Waals surface area contributed by atoms with E-state index in [9.17, 15) is 13.2 Å². The highest BCUT2D eigenvalue weighted by Gasteiger charge is 2.23. The van der Waals surface area contributed by atoms with E-state index in [2.05, 4.69) is 15.4 Å². The Morgan fingerprint density at radius 3 is 2.69 bits per heavy atom. The topological polar surface area (TPSA) is 87.3 Å². The maximum atomic E-state index is 12.7. The molecule has 6 nitrogen and oxygen atoms in total. The fourth-order valence-electron chi connectivity index (χ4n) is 2.87. The van der Waals surface area contributed by atoms with Gasteiger partial charge in [-0.1, -0.05) is 23.7 Å². The molecule has 3 rings (SSSR count). The summed E-state index contributed by atoms with van der Waals surface area (Å²) in [5.74, 6) is -0.155. The Labute approximate surface area is 158 Å². The van der Waals surface area contributed by atoms with Crippen LogP contribution in [0.2, 0.25) is 5.02 Å². The number of carbonyl (C=O) groups excluding carboxylic acids is 1. The van der Waals surface area contributed by atoms with Gasteiger partial charge in [-0.3, -0.25) is 9.52 Å². The molecule has 0 saturated carbocycles. The van der Waals surface area contributed by atoms with Crippen molar-refractivity contribution in [2.24, 2.45) is 0 Å². The van der Waals surface area contributed by atoms with Crippen LogP contribution in [0.3, 0.4) is 0 Å². The van der Waals surface area contributed by atoms with E-state index in [1.807, 2.05) is 0 Å². The van der Waals surface area contributed by atoms with Crippen LogP contribution < -0.4 is 15.4 Å². The molecule has 8 heteroatoms. The zero-order valence-electron chi connectivity index (χ0n) is 14.3. The monoisotopic (exact) mass is 393 g/mol. The van der Waals surface area contributed by atoms with E-state index in [1.165, 1.54) is 12.1 Å². The number of sulfonamides is 1. The Balaban J connectivity index is 1.83. The molecule has 1 aliphatic rings. The van der Waals surface area contributed by atoms with Gasteiger partial charge in [0.2, 0.25) is 5.91 Å². The van der Waals surface area contributed by atoms with E-state index in [4.69, 9.17) is 11.6 Å². The third-order valence-electron chi connectivity index (χ3n) is 4.20. The van der Waals surface area contributed by atoms with Crippen molar-refractivity contribution in [1.29, 1.82) is 0 Å². The molecule has 2 aromatic rings. The second kappa shape index (κ2) is 7.65. The third-order valence-corrected chi connectivity index (χ3v) is 5.96. The molecule has 1 atom stereocenters. The van der Waals surface area contributed by atoms with Crippen molar-refractivity contribution in [2.75, 3.05) is 16.6 Å². The predicted molar refractivity (Wildman–Crippen MR) is 103 cm³/mol. The number of carbonyl (C=O) groups is 1. The summed E-state index contributed by atoms with van der Waals surface area (Å²) < 4.78 is 28.0. The van der Waals surface area contributed by atoms with Gasteiger partial charge in [0, 0.05) is 10.7 Å². The number of nitrogens with one attached hydrogen (secondary N) is 3. The first-order valence-corrected chi connectivity index (χ1v) is 10.1. The maximum Gasteiger partial charge on any atom is 0.262 e. The minimum atomic E-state index is -3.81. The molecule has 2 aromatic carbocycles. The lowest BCUT2D eigenvalue weighted by atomic mass is 10.2. The van der Waals surface area contributed by atoms with Crippen molar-refractivity contribution in [3.05, 3.63) is 53.1 Å². The minimum Gasteiger partial charge on any atom is -0.325 e. The molecule has 0 aliphatic carbocycles. The molecule has 0 bridgehead atoms. The van der Waals surface area contributed by atoms with E-state index in [0.717, 1.165) is 19.4 Å². The summed E-state index contributed by atoms with van der Waals surface area (Å²) >= 11 is 5.91. The molecular weight excluding hydrogens is 374 g/mol. The van der Waals surface area contributed by atoms with Gasteiger partial charge in [-0.2, -0.15) is 0 Å². The lowest BCUT2D eigenvalue weighted by Gasteiger charge is -2.14. The van der Waals surface area contributed by atoms with Gasteiger partial charge in [0.15, 0.2) is 0 Å². The number of benzene rings is 2. The van der Waals surface area contributed by atoms with Crippen LogP contribution in [0.4, 0.5) is 11.4 Å². The fourth-order valence-corrected chi connectivity index (χ4v) is 4.38.